The first-order valence-electron chi connectivity index (χ1n) is 4.20. The summed E-state index contributed by atoms with van der Waals surface area (Å²) in [7, 11) is 0. The number of halogens is 2. The molecule has 1 aromatic carbocycles. The second-order valence-electron chi connectivity index (χ2n) is 3.34. The lowest BCUT2D eigenvalue weighted by Gasteiger charge is -2.08. The lowest BCUT2D eigenvalue weighted by atomic mass is 10.2. The van der Waals surface area contributed by atoms with Crippen molar-refractivity contribution >= 4 is 23.2 Å². The van der Waals surface area contributed by atoms with Crippen LogP contribution in [-0.2, 0) is 0 Å². The Bertz CT molecular complexity index is 322. The highest BCUT2D eigenvalue weighted by atomic mass is 35.5. The molecule has 1 atom stereocenters. The number of alkyl halides is 2. The number of para-hydroxylation sites is 1. The van der Waals surface area contributed by atoms with Crippen molar-refractivity contribution in [1.29, 1.82) is 0 Å². The van der Waals surface area contributed by atoms with Crippen molar-refractivity contribution in [3.63, 3.8) is 0 Å². The van der Waals surface area contributed by atoms with Gasteiger partial charge in [-0.15, -0.1) is 0 Å². The van der Waals surface area contributed by atoms with Crippen molar-refractivity contribution in [2.24, 2.45) is 0 Å². The van der Waals surface area contributed by atoms with Gasteiger partial charge in [0.2, 0.25) is 0 Å². The van der Waals surface area contributed by atoms with Crippen molar-refractivity contribution in [2.45, 2.75) is 23.8 Å². The molecule has 0 amide bonds. The van der Waals surface area contributed by atoms with Gasteiger partial charge in [-0.1, -0.05) is 41.4 Å². The fourth-order valence-corrected chi connectivity index (χ4v) is 1.53. The average molecular weight is 217 g/mol. The third kappa shape index (κ3) is 1.92. The molecule has 1 aliphatic rings. The Morgan fingerprint density at radius 3 is 2.54 bits per heavy atom. The van der Waals surface area contributed by atoms with Crippen LogP contribution in [0.2, 0.25) is 0 Å². The molecule has 0 heterocycles. The van der Waals surface area contributed by atoms with Crippen LogP contribution in [0.15, 0.2) is 24.3 Å². The molecule has 1 saturated carbocycles. The highest BCUT2D eigenvalue weighted by molar-refractivity contribution is 6.51. The SMILES string of the molecule is Cc1ccccc1OC1CC1(Cl)Cl. The van der Waals surface area contributed by atoms with Gasteiger partial charge in [-0.05, 0) is 18.6 Å². The third-order valence-electron chi connectivity index (χ3n) is 2.13. The summed E-state index contributed by atoms with van der Waals surface area (Å²) >= 11 is 11.7. The van der Waals surface area contributed by atoms with Gasteiger partial charge in [0.1, 0.15) is 11.9 Å². The van der Waals surface area contributed by atoms with E-state index in [2.05, 4.69) is 0 Å². The van der Waals surface area contributed by atoms with Crippen molar-refractivity contribution in [3.8, 4) is 5.75 Å². The minimum absolute atomic E-state index is 0.0445. The third-order valence-corrected chi connectivity index (χ3v) is 2.93. The van der Waals surface area contributed by atoms with Gasteiger partial charge < -0.3 is 4.74 Å². The van der Waals surface area contributed by atoms with Crippen LogP contribution in [0, 0.1) is 6.92 Å². The summed E-state index contributed by atoms with van der Waals surface area (Å²) in [5.74, 6) is 0.871. The van der Waals surface area contributed by atoms with E-state index >= 15 is 0 Å². The monoisotopic (exact) mass is 216 g/mol. The van der Waals surface area contributed by atoms with Gasteiger partial charge in [0.05, 0.1) is 0 Å². The van der Waals surface area contributed by atoms with E-state index in [-0.39, 0.29) is 6.10 Å². The highest BCUT2D eigenvalue weighted by Crippen LogP contribution is 2.49. The van der Waals surface area contributed by atoms with Crippen molar-refractivity contribution in [1.82, 2.24) is 0 Å². The maximum atomic E-state index is 5.85. The van der Waals surface area contributed by atoms with E-state index in [1.54, 1.807) is 0 Å². The molecule has 0 N–H and O–H groups in total. The molecular weight excluding hydrogens is 207 g/mol. The topological polar surface area (TPSA) is 9.23 Å². The largest absolute Gasteiger partial charge is 0.487 e. The fourth-order valence-electron chi connectivity index (χ4n) is 1.16. The lowest BCUT2D eigenvalue weighted by molar-refractivity contribution is 0.298. The van der Waals surface area contributed by atoms with Crippen molar-refractivity contribution in [2.75, 3.05) is 0 Å². The Kier molecular flexibility index (Phi) is 2.17. The number of benzene rings is 1. The van der Waals surface area contributed by atoms with E-state index in [4.69, 9.17) is 27.9 Å². The molecule has 0 saturated heterocycles. The zero-order valence-electron chi connectivity index (χ0n) is 7.26. The van der Waals surface area contributed by atoms with E-state index < -0.39 is 4.33 Å². The number of ether oxygens (including phenoxy) is 1. The molecular formula is C10H10Cl2O. The summed E-state index contributed by atoms with van der Waals surface area (Å²) in [5, 5.41) is 0. The first kappa shape index (κ1) is 9.17. The van der Waals surface area contributed by atoms with Crippen LogP contribution in [0.4, 0.5) is 0 Å². The first-order valence-corrected chi connectivity index (χ1v) is 4.95. The first-order chi connectivity index (χ1) is 6.09. The minimum Gasteiger partial charge on any atom is -0.487 e. The zero-order chi connectivity index (χ0) is 9.47. The van der Waals surface area contributed by atoms with E-state index in [0.29, 0.717) is 6.42 Å². The smallest absolute Gasteiger partial charge is 0.158 e. The number of hydrogen-bond donors (Lipinski definition) is 0. The van der Waals surface area contributed by atoms with Crippen LogP contribution in [-0.4, -0.2) is 10.4 Å². The molecule has 1 nitrogen and oxygen atoms in total. The zero-order valence-corrected chi connectivity index (χ0v) is 8.77. The second kappa shape index (κ2) is 3.07. The molecule has 1 aromatic rings. The van der Waals surface area contributed by atoms with Crippen molar-refractivity contribution in [3.05, 3.63) is 29.8 Å². The molecule has 1 aliphatic carbocycles. The fraction of sp³-hybridized carbons (Fsp3) is 0.400. The predicted octanol–water partition coefficient (Wildman–Crippen LogP) is 3.32. The van der Waals surface area contributed by atoms with Gasteiger partial charge in [-0.3, -0.25) is 0 Å². The molecule has 0 aromatic heterocycles. The van der Waals surface area contributed by atoms with E-state index in [1.165, 1.54) is 0 Å². The van der Waals surface area contributed by atoms with Gasteiger partial charge in [-0.25, -0.2) is 0 Å². The lowest BCUT2D eigenvalue weighted by Crippen LogP contribution is -2.05. The maximum Gasteiger partial charge on any atom is 0.158 e. The van der Waals surface area contributed by atoms with Gasteiger partial charge >= 0.3 is 0 Å². The van der Waals surface area contributed by atoms with Crippen LogP contribution in [0.5, 0.6) is 5.75 Å². The standard InChI is InChI=1S/C10H10Cl2O/c1-7-4-2-3-5-8(7)13-9-6-10(9,11)12/h2-5,9H,6H2,1H3. The van der Waals surface area contributed by atoms with Crippen LogP contribution < -0.4 is 4.74 Å². The Morgan fingerprint density at radius 2 is 2.00 bits per heavy atom. The molecule has 2 rings (SSSR count). The Labute approximate surface area is 87.6 Å². The van der Waals surface area contributed by atoms with E-state index in [1.807, 2.05) is 31.2 Å². The van der Waals surface area contributed by atoms with Gasteiger partial charge in [0.25, 0.3) is 0 Å². The predicted molar refractivity (Wildman–Crippen MR) is 54.6 cm³/mol. The molecule has 0 radical (unpaired) electrons. The average Bonchev–Trinajstić information content (AvgIpc) is 2.64. The van der Waals surface area contributed by atoms with Crippen LogP contribution in [0.1, 0.15) is 12.0 Å². The molecule has 0 aliphatic heterocycles. The summed E-state index contributed by atoms with van der Waals surface area (Å²) in [4.78, 5) is 0. The van der Waals surface area contributed by atoms with Crippen LogP contribution in [0.25, 0.3) is 0 Å². The normalized spacial score (nSPS) is 24.1. The van der Waals surface area contributed by atoms with Gasteiger partial charge in [-0.2, -0.15) is 0 Å². The summed E-state index contributed by atoms with van der Waals surface area (Å²) in [6.45, 7) is 2.00. The Morgan fingerprint density at radius 1 is 1.38 bits per heavy atom. The van der Waals surface area contributed by atoms with Crippen LogP contribution >= 0.6 is 23.2 Å². The quantitative estimate of drug-likeness (QED) is 0.690. The summed E-state index contributed by atoms with van der Waals surface area (Å²) < 4.78 is 4.94. The molecule has 13 heavy (non-hydrogen) atoms. The van der Waals surface area contributed by atoms with Crippen molar-refractivity contribution < 1.29 is 4.74 Å². The summed E-state index contributed by atoms with van der Waals surface area (Å²) in [5.41, 5.74) is 1.11. The summed E-state index contributed by atoms with van der Waals surface area (Å²) in [6.07, 6.45) is 0.668. The Balaban J connectivity index is 2.07. The molecule has 0 bridgehead atoms. The maximum absolute atomic E-state index is 5.85. The second-order valence-corrected chi connectivity index (χ2v) is 4.88. The van der Waals surface area contributed by atoms with E-state index in [0.717, 1.165) is 11.3 Å². The number of aryl methyl sites for hydroxylation is 1. The Hall–Kier alpha value is -0.400. The summed E-state index contributed by atoms with van der Waals surface area (Å²) in [6, 6.07) is 7.85. The van der Waals surface area contributed by atoms with E-state index in [9.17, 15) is 0 Å². The molecule has 3 heteroatoms. The van der Waals surface area contributed by atoms with Crippen LogP contribution in [0.3, 0.4) is 0 Å². The molecule has 1 fully saturated rings. The molecule has 0 spiro atoms. The highest BCUT2D eigenvalue weighted by Gasteiger charge is 2.54. The number of hydrogen-bond acceptors (Lipinski definition) is 1. The number of rotatable bonds is 2. The molecule has 1 unspecified atom stereocenters. The minimum atomic E-state index is -0.664. The van der Waals surface area contributed by atoms with Gasteiger partial charge in [0, 0.05) is 6.42 Å². The van der Waals surface area contributed by atoms with Gasteiger partial charge in [0.15, 0.2) is 4.33 Å². The molecule has 70 valence electrons.